The molecule has 0 unspecified atom stereocenters. The summed E-state index contributed by atoms with van der Waals surface area (Å²) < 4.78 is 15.8. The molecule has 30 heavy (non-hydrogen) atoms. The number of hydrogen-bond donors (Lipinski definition) is 1. The third kappa shape index (κ3) is 4.23. The molecule has 0 atom stereocenters. The first kappa shape index (κ1) is 19.8. The molecule has 0 bridgehead atoms. The van der Waals surface area contributed by atoms with Gasteiger partial charge in [0.25, 0.3) is 5.91 Å². The second kappa shape index (κ2) is 8.88. The maximum Gasteiger partial charge on any atom is 0.270 e. The maximum absolute atomic E-state index is 14.3. The fourth-order valence-electron chi connectivity index (χ4n) is 3.09. The van der Waals surface area contributed by atoms with Crippen molar-refractivity contribution in [2.75, 3.05) is 6.54 Å². The van der Waals surface area contributed by atoms with E-state index in [-0.39, 0.29) is 11.6 Å². The van der Waals surface area contributed by atoms with Crippen LogP contribution in [0.4, 0.5) is 4.39 Å². The summed E-state index contributed by atoms with van der Waals surface area (Å²) in [4.78, 5) is 17.2. The van der Waals surface area contributed by atoms with Gasteiger partial charge in [0.2, 0.25) is 0 Å². The van der Waals surface area contributed by atoms with E-state index < -0.39 is 5.82 Å². The Bertz CT molecular complexity index is 1180. The van der Waals surface area contributed by atoms with Crippen LogP contribution in [0.1, 0.15) is 16.2 Å². The monoisotopic (exact) mass is 420 g/mol. The minimum absolute atomic E-state index is 0.266. The molecule has 1 N–H and O–H groups in total. The summed E-state index contributed by atoms with van der Waals surface area (Å²) in [5.41, 5.74) is 2.34. The molecular formula is C23H18ClFN4O. The van der Waals surface area contributed by atoms with Crippen molar-refractivity contribution in [1.29, 1.82) is 0 Å². The molecule has 0 spiro atoms. The lowest BCUT2D eigenvalue weighted by molar-refractivity contribution is 0.0946. The number of aromatic nitrogens is 3. The van der Waals surface area contributed by atoms with Crippen LogP contribution in [0.5, 0.6) is 0 Å². The predicted molar refractivity (Wildman–Crippen MR) is 114 cm³/mol. The van der Waals surface area contributed by atoms with E-state index in [1.54, 1.807) is 54.7 Å². The Hall–Kier alpha value is -3.51. The average molecular weight is 421 g/mol. The zero-order valence-corrected chi connectivity index (χ0v) is 16.7. The molecule has 0 aliphatic rings. The summed E-state index contributed by atoms with van der Waals surface area (Å²) in [7, 11) is 0. The first-order valence-electron chi connectivity index (χ1n) is 9.41. The number of halogens is 2. The van der Waals surface area contributed by atoms with Crippen LogP contribution in [-0.4, -0.2) is 27.2 Å². The number of para-hydroxylation sites is 1. The van der Waals surface area contributed by atoms with Gasteiger partial charge in [-0.15, -0.1) is 0 Å². The number of amides is 1. The highest BCUT2D eigenvalue weighted by molar-refractivity contribution is 6.32. The van der Waals surface area contributed by atoms with Crippen LogP contribution in [-0.2, 0) is 6.42 Å². The normalized spacial score (nSPS) is 10.7. The molecular weight excluding hydrogens is 403 g/mol. The van der Waals surface area contributed by atoms with Gasteiger partial charge in [0, 0.05) is 30.4 Å². The lowest BCUT2D eigenvalue weighted by Gasteiger charge is -2.09. The summed E-state index contributed by atoms with van der Waals surface area (Å²) in [5.74, 6) is -0.746. The number of pyridine rings is 1. The Labute approximate surface area is 178 Å². The number of benzene rings is 2. The van der Waals surface area contributed by atoms with Crippen molar-refractivity contribution in [3.63, 3.8) is 0 Å². The Kier molecular flexibility index (Phi) is 5.86. The van der Waals surface area contributed by atoms with Crippen LogP contribution in [0.3, 0.4) is 0 Å². The quantitative estimate of drug-likeness (QED) is 0.492. The summed E-state index contributed by atoms with van der Waals surface area (Å²) in [6, 6.07) is 20.6. The number of carbonyl (C=O) groups is 1. The predicted octanol–water partition coefficient (Wildman–Crippen LogP) is 4.70. The molecule has 1 amide bonds. The highest BCUT2D eigenvalue weighted by atomic mass is 35.5. The van der Waals surface area contributed by atoms with E-state index in [2.05, 4.69) is 15.4 Å². The molecule has 4 aromatic rings. The fraction of sp³-hybridized carbons (Fsp3) is 0.0870. The molecule has 0 aliphatic carbocycles. The lowest BCUT2D eigenvalue weighted by Crippen LogP contribution is -2.28. The average Bonchev–Trinajstić information content (AvgIpc) is 3.20. The van der Waals surface area contributed by atoms with E-state index >= 15 is 0 Å². The highest BCUT2D eigenvalue weighted by Gasteiger charge is 2.20. The van der Waals surface area contributed by atoms with Gasteiger partial charge in [-0.2, -0.15) is 5.10 Å². The largest absolute Gasteiger partial charge is 0.350 e. The van der Waals surface area contributed by atoms with E-state index in [0.717, 1.165) is 5.69 Å². The molecule has 7 heteroatoms. The zero-order valence-electron chi connectivity index (χ0n) is 15.9. The number of hydrogen-bond acceptors (Lipinski definition) is 3. The summed E-state index contributed by atoms with van der Waals surface area (Å²) in [6.45, 7) is 0.401. The Balaban J connectivity index is 1.66. The van der Waals surface area contributed by atoms with Crippen molar-refractivity contribution >= 4 is 17.5 Å². The molecule has 2 aromatic carbocycles. The van der Waals surface area contributed by atoms with E-state index in [1.807, 2.05) is 18.2 Å². The number of carbonyl (C=O) groups excluding carboxylic acids is 1. The number of nitrogens with zero attached hydrogens (tertiary/aromatic N) is 3. The minimum Gasteiger partial charge on any atom is -0.350 e. The van der Waals surface area contributed by atoms with E-state index in [4.69, 9.17) is 11.6 Å². The van der Waals surface area contributed by atoms with Gasteiger partial charge < -0.3 is 5.32 Å². The van der Waals surface area contributed by atoms with Crippen LogP contribution < -0.4 is 5.32 Å². The topological polar surface area (TPSA) is 59.8 Å². The number of rotatable bonds is 6. The van der Waals surface area contributed by atoms with Gasteiger partial charge in [-0.25, -0.2) is 9.07 Å². The van der Waals surface area contributed by atoms with E-state index in [1.165, 1.54) is 10.7 Å². The molecule has 5 nitrogen and oxygen atoms in total. The Morgan fingerprint density at radius 1 is 1.03 bits per heavy atom. The minimum atomic E-state index is -0.414. The molecule has 0 radical (unpaired) electrons. The second-order valence-electron chi connectivity index (χ2n) is 6.58. The third-order valence-corrected chi connectivity index (χ3v) is 4.88. The van der Waals surface area contributed by atoms with Crippen molar-refractivity contribution in [2.45, 2.75) is 6.42 Å². The Morgan fingerprint density at radius 3 is 2.57 bits per heavy atom. The second-order valence-corrected chi connectivity index (χ2v) is 6.99. The smallest absolute Gasteiger partial charge is 0.270 e. The summed E-state index contributed by atoms with van der Waals surface area (Å²) in [6.07, 6.45) is 2.30. The molecule has 0 saturated carbocycles. The van der Waals surface area contributed by atoms with Crippen LogP contribution in [0, 0.1) is 5.82 Å². The number of nitrogens with one attached hydrogen (secondary N) is 1. The first-order chi connectivity index (χ1) is 14.6. The fourth-order valence-corrected chi connectivity index (χ4v) is 3.31. The summed E-state index contributed by atoms with van der Waals surface area (Å²) in [5, 5.41) is 7.79. The molecule has 2 aromatic heterocycles. The lowest BCUT2D eigenvalue weighted by atomic mass is 10.1. The van der Waals surface area contributed by atoms with Crippen LogP contribution in [0.2, 0.25) is 5.02 Å². The highest BCUT2D eigenvalue weighted by Crippen LogP contribution is 2.27. The first-order valence-corrected chi connectivity index (χ1v) is 9.79. The van der Waals surface area contributed by atoms with Crippen LogP contribution in [0.15, 0.2) is 79.0 Å². The SMILES string of the molecule is O=C(NCCc1ccccn1)c1cc(-c2ccccc2F)nn1-c1ccccc1Cl. The molecule has 2 heterocycles. The van der Waals surface area contributed by atoms with Crippen molar-refractivity contribution in [1.82, 2.24) is 20.1 Å². The van der Waals surface area contributed by atoms with Crippen LogP contribution >= 0.6 is 11.6 Å². The van der Waals surface area contributed by atoms with Gasteiger partial charge in [-0.05, 0) is 42.5 Å². The molecule has 0 fully saturated rings. The molecule has 4 rings (SSSR count). The Morgan fingerprint density at radius 2 is 1.80 bits per heavy atom. The zero-order chi connectivity index (χ0) is 20.9. The van der Waals surface area contributed by atoms with Gasteiger partial charge in [0.15, 0.2) is 0 Å². The third-order valence-electron chi connectivity index (χ3n) is 4.57. The standard InChI is InChI=1S/C23H18ClFN4O/c24-18-9-2-4-11-21(18)29-22(15-20(28-29)17-8-1-3-10-19(17)25)23(30)27-14-12-16-7-5-6-13-26-16/h1-11,13,15H,12,14H2,(H,27,30). The van der Waals surface area contributed by atoms with Gasteiger partial charge in [-0.3, -0.25) is 9.78 Å². The molecule has 150 valence electrons. The molecule has 0 aliphatic heterocycles. The maximum atomic E-state index is 14.3. The van der Waals surface area contributed by atoms with Crippen molar-refractivity contribution in [3.05, 3.63) is 101 Å². The van der Waals surface area contributed by atoms with Crippen molar-refractivity contribution < 1.29 is 9.18 Å². The van der Waals surface area contributed by atoms with Gasteiger partial charge in [0.05, 0.1) is 16.4 Å². The summed E-state index contributed by atoms with van der Waals surface area (Å²) >= 11 is 6.33. The van der Waals surface area contributed by atoms with Gasteiger partial charge in [0.1, 0.15) is 11.5 Å². The van der Waals surface area contributed by atoms with Crippen LogP contribution in [0.25, 0.3) is 16.9 Å². The van der Waals surface area contributed by atoms with E-state index in [9.17, 15) is 9.18 Å². The van der Waals surface area contributed by atoms with Gasteiger partial charge in [-0.1, -0.05) is 41.9 Å². The van der Waals surface area contributed by atoms with Gasteiger partial charge >= 0.3 is 0 Å². The van der Waals surface area contributed by atoms with E-state index in [0.29, 0.717) is 34.9 Å². The molecule has 0 saturated heterocycles. The van der Waals surface area contributed by atoms with Crippen molar-refractivity contribution in [2.24, 2.45) is 0 Å². The van der Waals surface area contributed by atoms with Crippen molar-refractivity contribution in [3.8, 4) is 16.9 Å².